The van der Waals surface area contributed by atoms with Gasteiger partial charge in [-0.3, -0.25) is 4.79 Å². The van der Waals surface area contributed by atoms with Crippen LogP contribution in [0, 0.1) is 11.6 Å². The molecule has 1 amide bonds. The molecule has 0 saturated heterocycles. The molecule has 5 nitrogen and oxygen atoms in total. The molecule has 2 heterocycles. The molecule has 10 heteroatoms. The molecule has 0 aliphatic heterocycles. The van der Waals surface area contributed by atoms with Gasteiger partial charge in [0.05, 0.1) is 10.7 Å². The van der Waals surface area contributed by atoms with Gasteiger partial charge in [0, 0.05) is 22.8 Å². The van der Waals surface area contributed by atoms with Crippen LogP contribution in [-0.2, 0) is 0 Å². The van der Waals surface area contributed by atoms with Gasteiger partial charge in [-0.25, -0.2) is 18.4 Å². The summed E-state index contributed by atoms with van der Waals surface area (Å²) in [6, 6.07) is 6.37. The lowest BCUT2D eigenvalue weighted by Gasteiger charge is -2.10. The van der Waals surface area contributed by atoms with Gasteiger partial charge in [-0.05, 0) is 50.1 Å². The Morgan fingerprint density at radius 2 is 2.00 bits per heavy atom. The van der Waals surface area contributed by atoms with Crippen LogP contribution < -0.4 is 5.32 Å². The Bertz CT molecular complexity index is 957. The smallest absolute Gasteiger partial charge is 0.274 e. The zero-order valence-electron chi connectivity index (χ0n) is 12.1. The summed E-state index contributed by atoms with van der Waals surface area (Å²) in [5.41, 5.74) is -0.134. The molecule has 1 N–H and O–H groups in total. The number of carbonyl (C=O) groups excluding carboxylic acids is 1. The molecule has 1 aromatic carbocycles. The van der Waals surface area contributed by atoms with Crippen molar-refractivity contribution in [2.24, 2.45) is 0 Å². The van der Waals surface area contributed by atoms with Crippen molar-refractivity contribution in [3.63, 3.8) is 0 Å². The van der Waals surface area contributed by atoms with Gasteiger partial charge < -0.3 is 5.32 Å². The number of carbonyl (C=O) groups is 1. The molecular weight excluding hydrogens is 485 g/mol. The second kappa shape index (κ2) is 7.19. The number of benzene rings is 1. The van der Waals surface area contributed by atoms with E-state index in [9.17, 15) is 13.6 Å². The van der Waals surface area contributed by atoms with E-state index in [0.29, 0.717) is 10.7 Å². The SMILES string of the molecule is O=C(Nc1c(F)cc(F)cc1Br)c1cc(Br)nn1-c1ncccc1Cl. The van der Waals surface area contributed by atoms with E-state index >= 15 is 0 Å². The molecule has 0 fully saturated rings. The number of hydrogen-bond donors (Lipinski definition) is 1. The highest BCUT2D eigenvalue weighted by Crippen LogP contribution is 2.28. The lowest BCUT2D eigenvalue weighted by molar-refractivity contribution is 0.101. The van der Waals surface area contributed by atoms with E-state index in [1.54, 1.807) is 12.1 Å². The maximum Gasteiger partial charge on any atom is 0.274 e. The molecule has 0 aliphatic carbocycles. The lowest BCUT2D eigenvalue weighted by atomic mass is 10.2. The molecule has 0 unspecified atom stereocenters. The van der Waals surface area contributed by atoms with Crippen molar-refractivity contribution in [2.45, 2.75) is 0 Å². The molecule has 0 aliphatic rings. The van der Waals surface area contributed by atoms with Crippen LogP contribution in [0.4, 0.5) is 14.5 Å². The highest BCUT2D eigenvalue weighted by Gasteiger charge is 2.21. The molecule has 0 radical (unpaired) electrons. The summed E-state index contributed by atoms with van der Waals surface area (Å²) in [7, 11) is 0. The van der Waals surface area contributed by atoms with E-state index in [4.69, 9.17) is 11.6 Å². The van der Waals surface area contributed by atoms with Gasteiger partial charge in [0.15, 0.2) is 11.6 Å². The maximum atomic E-state index is 13.9. The molecule has 0 bridgehead atoms. The van der Waals surface area contributed by atoms with Gasteiger partial charge >= 0.3 is 0 Å². The minimum Gasteiger partial charge on any atom is -0.317 e. The van der Waals surface area contributed by atoms with Gasteiger partial charge in [0.2, 0.25) is 0 Å². The predicted octanol–water partition coefficient (Wildman–Crippen LogP) is 4.98. The summed E-state index contributed by atoms with van der Waals surface area (Å²) < 4.78 is 28.8. The van der Waals surface area contributed by atoms with Gasteiger partial charge in [-0.1, -0.05) is 11.6 Å². The highest BCUT2D eigenvalue weighted by molar-refractivity contribution is 9.10. The molecule has 0 spiro atoms. The summed E-state index contributed by atoms with van der Waals surface area (Å²) in [5.74, 6) is -2.12. The van der Waals surface area contributed by atoms with Crippen molar-refractivity contribution >= 4 is 55.1 Å². The van der Waals surface area contributed by atoms with Crippen LogP contribution in [0.15, 0.2) is 45.6 Å². The largest absolute Gasteiger partial charge is 0.317 e. The third kappa shape index (κ3) is 3.73. The van der Waals surface area contributed by atoms with Crippen molar-refractivity contribution in [1.29, 1.82) is 0 Å². The fraction of sp³-hybridized carbons (Fsp3) is 0. The zero-order valence-corrected chi connectivity index (χ0v) is 16.0. The molecule has 3 aromatic rings. The Labute approximate surface area is 162 Å². The average molecular weight is 493 g/mol. The van der Waals surface area contributed by atoms with Crippen LogP contribution in [0.2, 0.25) is 5.02 Å². The number of rotatable bonds is 3. The van der Waals surface area contributed by atoms with Gasteiger partial charge in [-0.15, -0.1) is 0 Å². The fourth-order valence-electron chi connectivity index (χ4n) is 2.05. The van der Waals surface area contributed by atoms with Gasteiger partial charge in [0.1, 0.15) is 16.1 Å². The third-order valence-corrected chi connectivity index (χ3v) is 4.41. The van der Waals surface area contributed by atoms with Gasteiger partial charge in [-0.2, -0.15) is 5.10 Å². The Kier molecular flexibility index (Phi) is 5.16. The van der Waals surface area contributed by atoms with Crippen molar-refractivity contribution in [1.82, 2.24) is 14.8 Å². The Morgan fingerprint density at radius 1 is 1.24 bits per heavy atom. The third-order valence-electron chi connectivity index (χ3n) is 3.10. The number of nitrogens with one attached hydrogen (secondary N) is 1. The Hall–Kier alpha value is -1.84. The summed E-state index contributed by atoms with van der Waals surface area (Å²) in [6.45, 7) is 0. The van der Waals surface area contributed by atoms with Crippen LogP contribution in [0.25, 0.3) is 5.82 Å². The second-order valence-corrected chi connectivity index (χ2v) is 6.85. The van der Waals surface area contributed by atoms with E-state index in [1.165, 1.54) is 16.9 Å². The first-order valence-corrected chi connectivity index (χ1v) is 8.65. The average Bonchev–Trinajstić information content (AvgIpc) is 2.93. The first kappa shape index (κ1) is 18.0. The number of hydrogen-bond acceptors (Lipinski definition) is 3. The topological polar surface area (TPSA) is 59.8 Å². The summed E-state index contributed by atoms with van der Waals surface area (Å²) in [4.78, 5) is 16.7. The molecule has 25 heavy (non-hydrogen) atoms. The van der Waals surface area contributed by atoms with Crippen LogP contribution >= 0.6 is 43.5 Å². The predicted molar refractivity (Wildman–Crippen MR) is 96.1 cm³/mol. The monoisotopic (exact) mass is 490 g/mol. The zero-order chi connectivity index (χ0) is 18.1. The van der Waals surface area contributed by atoms with Crippen LogP contribution in [-0.4, -0.2) is 20.7 Å². The molecule has 0 saturated carbocycles. The molecular formula is C15H7Br2ClF2N4O. The normalized spacial score (nSPS) is 10.8. The van der Waals surface area contributed by atoms with Crippen LogP contribution in [0.3, 0.4) is 0 Å². The molecule has 3 rings (SSSR count). The molecule has 128 valence electrons. The van der Waals surface area contributed by atoms with E-state index in [0.717, 1.165) is 6.07 Å². The Morgan fingerprint density at radius 3 is 2.68 bits per heavy atom. The Balaban J connectivity index is 2.01. The lowest BCUT2D eigenvalue weighted by Crippen LogP contribution is -2.18. The first-order chi connectivity index (χ1) is 11.9. The number of pyridine rings is 1. The summed E-state index contributed by atoms with van der Waals surface area (Å²) >= 11 is 12.3. The number of aromatic nitrogens is 3. The van der Waals surface area contributed by atoms with E-state index in [-0.39, 0.29) is 26.7 Å². The maximum absolute atomic E-state index is 13.9. The second-order valence-electron chi connectivity index (χ2n) is 4.77. The minimum atomic E-state index is -0.916. The van der Waals surface area contributed by atoms with Gasteiger partial charge in [0.25, 0.3) is 5.91 Å². The molecule has 2 aromatic heterocycles. The quantitative estimate of drug-likeness (QED) is 0.561. The number of halogens is 5. The minimum absolute atomic E-state index is 0.0584. The highest BCUT2D eigenvalue weighted by atomic mass is 79.9. The standard InChI is InChI=1S/C15H7Br2ClF2N4O/c16-8-4-7(19)5-10(20)13(8)22-15(25)11-6-12(17)23-24(11)14-9(18)2-1-3-21-14/h1-6H,(H,22,25). The van der Waals surface area contributed by atoms with Crippen molar-refractivity contribution < 1.29 is 13.6 Å². The number of anilines is 1. The van der Waals surface area contributed by atoms with Crippen molar-refractivity contribution in [3.8, 4) is 5.82 Å². The van der Waals surface area contributed by atoms with E-state index in [2.05, 4.69) is 47.3 Å². The van der Waals surface area contributed by atoms with Crippen LogP contribution in [0.5, 0.6) is 0 Å². The van der Waals surface area contributed by atoms with Crippen LogP contribution in [0.1, 0.15) is 10.5 Å². The molecule has 0 atom stereocenters. The van der Waals surface area contributed by atoms with Crippen molar-refractivity contribution in [2.75, 3.05) is 5.32 Å². The number of amides is 1. The van der Waals surface area contributed by atoms with E-state index in [1.807, 2.05) is 0 Å². The van der Waals surface area contributed by atoms with Crippen molar-refractivity contribution in [3.05, 3.63) is 68.0 Å². The number of nitrogens with zero attached hydrogens (tertiary/aromatic N) is 3. The van der Waals surface area contributed by atoms with E-state index < -0.39 is 17.5 Å². The summed E-state index contributed by atoms with van der Waals surface area (Å²) in [6.07, 6.45) is 1.49. The fourth-order valence-corrected chi connectivity index (χ4v) is 3.13. The summed E-state index contributed by atoms with van der Waals surface area (Å²) in [5, 5.41) is 6.79. The first-order valence-electron chi connectivity index (χ1n) is 6.69.